The summed E-state index contributed by atoms with van der Waals surface area (Å²) >= 11 is 0. The highest BCUT2D eigenvalue weighted by molar-refractivity contribution is 5.94. The Labute approximate surface area is 102 Å². The van der Waals surface area contributed by atoms with Crippen LogP contribution in [0.1, 0.15) is 24.0 Å². The highest BCUT2D eigenvalue weighted by Crippen LogP contribution is 2.14. The highest BCUT2D eigenvalue weighted by atomic mass is 16.3. The molecule has 1 fully saturated rings. The van der Waals surface area contributed by atoms with Crippen molar-refractivity contribution in [2.24, 2.45) is 5.73 Å². The monoisotopic (exact) mass is 233 g/mol. The standard InChI is InChI=1S/C13H19N3O/c14-13(15)11-3-1-10(2-4-11)9-16-7-5-12(17)6-8-16/h1-4,12,17H,5-9H2,(H3,14,15). The summed E-state index contributed by atoms with van der Waals surface area (Å²) in [6.45, 7) is 2.82. The van der Waals surface area contributed by atoms with Gasteiger partial charge in [0.25, 0.3) is 0 Å². The van der Waals surface area contributed by atoms with Gasteiger partial charge in [-0.2, -0.15) is 0 Å². The fourth-order valence-corrected chi connectivity index (χ4v) is 2.13. The van der Waals surface area contributed by atoms with E-state index in [0.717, 1.165) is 38.0 Å². The molecule has 0 aliphatic carbocycles. The smallest absolute Gasteiger partial charge is 0.122 e. The normalized spacial score (nSPS) is 18.2. The van der Waals surface area contributed by atoms with Gasteiger partial charge in [0.1, 0.15) is 5.84 Å². The number of hydrogen-bond acceptors (Lipinski definition) is 3. The van der Waals surface area contributed by atoms with Gasteiger partial charge >= 0.3 is 0 Å². The second kappa shape index (κ2) is 5.29. The SMILES string of the molecule is N=C(N)c1ccc(CN2CCC(O)CC2)cc1. The second-order valence-corrected chi connectivity index (χ2v) is 4.62. The lowest BCUT2D eigenvalue weighted by Crippen LogP contribution is -2.35. The number of hydrogen-bond donors (Lipinski definition) is 3. The molecule has 4 nitrogen and oxygen atoms in total. The summed E-state index contributed by atoms with van der Waals surface area (Å²) in [6, 6.07) is 7.80. The van der Waals surface area contributed by atoms with Crippen molar-refractivity contribution in [2.45, 2.75) is 25.5 Å². The first-order valence-electron chi connectivity index (χ1n) is 5.99. The van der Waals surface area contributed by atoms with E-state index >= 15 is 0 Å². The van der Waals surface area contributed by atoms with Crippen LogP contribution in [0.4, 0.5) is 0 Å². The Bertz CT molecular complexity index is 380. The molecule has 4 N–H and O–H groups in total. The number of nitrogens with one attached hydrogen (secondary N) is 1. The van der Waals surface area contributed by atoms with Crippen LogP contribution in [0.5, 0.6) is 0 Å². The van der Waals surface area contributed by atoms with Crippen molar-refractivity contribution in [3.8, 4) is 0 Å². The molecule has 0 saturated carbocycles. The largest absolute Gasteiger partial charge is 0.393 e. The van der Waals surface area contributed by atoms with Crippen LogP contribution in [0.2, 0.25) is 0 Å². The van der Waals surface area contributed by atoms with Crippen LogP contribution < -0.4 is 5.73 Å². The van der Waals surface area contributed by atoms with Crippen molar-refractivity contribution < 1.29 is 5.11 Å². The lowest BCUT2D eigenvalue weighted by atomic mass is 10.1. The van der Waals surface area contributed by atoms with E-state index in [-0.39, 0.29) is 11.9 Å². The topological polar surface area (TPSA) is 73.3 Å². The quantitative estimate of drug-likeness (QED) is 0.537. The van der Waals surface area contributed by atoms with Gasteiger partial charge in [-0.15, -0.1) is 0 Å². The molecule has 0 aromatic heterocycles. The first-order valence-corrected chi connectivity index (χ1v) is 5.99. The lowest BCUT2D eigenvalue weighted by Gasteiger charge is -2.29. The van der Waals surface area contributed by atoms with Crippen LogP contribution in [0, 0.1) is 5.41 Å². The van der Waals surface area contributed by atoms with E-state index in [9.17, 15) is 5.11 Å². The number of nitrogen functional groups attached to an aromatic ring is 1. The van der Waals surface area contributed by atoms with Gasteiger partial charge in [0, 0.05) is 25.2 Å². The van der Waals surface area contributed by atoms with Crippen molar-refractivity contribution in [3.63, 3.8) is 0 Å². The third-order valence-electron chi connectivity index (χ3n) is 3.23. The van der Waals surface area contributed by atoms with Crippen LogP contribution in [-0.2, 0) is 6.54 Å². The molecule has 1 aliphatic rings. The number of rotatable bonds is 3. The fourth-order valence-electron chi connectivity index (χ4n) is 2.13. The predicted molar refractivity (Wildman–Crippen MR) is 68.0 cm³/mol. The van der Waals surface area contributed by atoms with Crippen molar-refractivity contribution in [2.75, 3.05) is 13.1 Å². The van der Waals surface area contributed by atoms with Crippen LogP contribution >= 0.6 is 0 Å². The molecule has 1 aliphatic heterocycles. The Morgan fingerprint density at radius 3 is 2.41 bits per heavy atom. The molecule has 2 rings (SSSR count). The number of likely N-dealkylation sites (tertiary alicyclic amines) is 1. The summed E-state index contributed by atoms with van der Waals surface area (Å²) in [5.41, 5.74) is 7.40. The molecular weight excluding hydrogens is 214 g/mol. The maximum Gasteiger partial charge on any atom is 0.122 e. The van der Waals surface area contributed by atoms with E-state index in [1.165, 1.54) is 5.56 Å². The van der Waals surface area contributed by atoms with Crippen molar-refractivity contribution in [1.29, 1.82) is 5.41 Å². The number of piperidine rings is 1. The Morgan fingerprint density at radius 2 is 1.88 bits per heavy atom. The van der Waals surface area contributed by atoms with Crippen LogP contribution in [0.25, 0.3) is 0 Å². The molecule has 0 amide bonds. The van der Waals surface area contributed by atoms with Gasteiger partial charge in [-0.25, -0.2) is 0 Å². The minimum atomic E-state index is -0.119. The summed E-state index contributed by atoms with van der Waals surface area (Å²) in [4.78, 5) is 2.34. The van der Waals surface area contributed by atoms with Crippen molar-refractivity contribution in [3.05, 3.63) is 35.4 Å². The highest BCUT2D eigenvalue weighted by Gasteiger charge is 2.16. The molecule has 0 radical (unpaired) electrons. The van der Waals surface area contributed by atoms with Crippen molar-refractivity contribution in [1.82, 2.24) is 4.90 Å². The first kappa shape index (κ1) is 12.1. The molecule has 1 saturated heterocycles. The predicted octanol–water partition coefficient (Wildman–Crippen LogP) is 0.927. The lowest BCUT2D eigenvalue weighted by molar-refractivity contribution is 0.0792. The zero-order valence-electron chi connectivity index (χ0n) is 9.89. The zero-order valence-corrected chi connectivity index (χ0v) is 9.89. The van der Waals surface area contributed by atoms with E-state index in [1.54, 1.807) is 0 Å². The molecule has 92 valence electrons. The molecule has 1 aromatic rings. The maximum absolute atomic E-state index is 9.43. The van der Waals surface area contributed by atoms with E-state index < -0.39 is 0 Å². The van der Waals surface area contributed by atoms with Gasteiger partial charge < -0.3 is 10.8 Å². The maximum atomic E-state index is 9.43. The average Bonchev–Trinajstić information content (AvgIpc) is 2.33. The molecule has 0 unspecified atom stereocenters. The van der Waals surface area contributed by atoms with Gasteiger partial charge in [-0.05, 0) is 18.4 Å². The third kappa shape index (κ3) is 3.28. The number of nitrogens with two attached hydrogens (primary N) is 1. The van der Waals surface area contributed by atoms with E-state index in [1.807, 2.05) is 24.3 Å². The van der Waals surface area contributed by atoms with Gasteiger partial charge in [-0.1, -0.05) is 24.3 Å². The summed E-state index contributed by atoms with van der Waals surface area (Å²) in [5, 5.41) is 16.7. The molecule has 1 aromatic carbocycles. The van der Waals surface area contributed by atoms with Crippen LogP contribution in [-0.4, -0.2) is 35.0 Å². The van der Waals surface area contributed by atoms with E-state index in [4.69, 9.17) is 11.1 Å². The van der Waals surface area contributed by atoms with Crippen LogP contribution in [0.15, 0.2) is 24.3 Å². The molecule has 0 bridgehead atoms. The van der Waals surface area contributed by atoms with Gasteiger partial charge in [0.2, 0.25) is 0 Å². The number of benzene rings is 1. The second-order valence-electron chi connectivity index (χ2n) is 4.62. The van der Waals surface area contributed by atoms with Crippen molar-refractivity contribution >= 4 is 5.84 Å². The van der Waals surface area contributed by atoms with E-state index in [0.29, 0.717) is 0 Å². The summed E-state index contributed by atoms with van der Waals surface area (Å²) in [5.74, 6) is 0.109. The molecule has 0 spiro atoms. The molecule has 17 heavy (non-hydrogen) atoms. The molecular formula is C13H19N3O. The van der Waals surface area contributed by atoms with Gasteiger partial charge in [0.05, 0.1) is 6.10 Å². The van der Waals surface area contributed by atoms with E-state index in [2.05, 4.69) is 4.90 Å². The zero-order chi connectivity index (χ0) is 12.3. The third-order valence-corrected chi connectivity index (χ3v) is 3.23. The van der Waals surface area contributed by atoms with Gasteiger partial charge in [0.15, 0.2) is 0 Å². The fraction of sp³-hybridized carbons (Fsp3) is 0.462. The van der Waals surface area contributed by atoms with Gasteiger partial charge in [-0.3, -0.25) is 10.3 Å². The Kier molecular flexibility index (Phi) is 3.76. The summed E-state index contributed by atoms with van der Waals surface area (Å²) < 4.78 is 0. The minimum Gasteiger partial charge on any atom is -0.393 e. The number of aliphatic hydroxyl groups excluding tert-OH is 1. The Balaban J connectivity index is 1.92. The Hall–Kier alpha value is -1.39. The number of nitrogens with zero attached hydrogens (tertiary/aromatic N) is 1. The average molecular weight is 233 g/mol. The number of amidine groups is 1. The first-order chi connectivity index (χ1) is 8.15. The molecule has 1 heterocycles. The molecule has 0 atom stereocenters. The Morgan fingerprint density at radius 1 is 1.29 bits per heavy atom. The summed E-state index contributed by atoms with van der Waals surface area (Å²) in [7, 11) is 0. The summed E-state index contributed by atoms with van der Waals surface area (Å²) in [6.07, 6.45) is 1.61. The number of aliphatic hydroxyl groups is 1. The minimum absolute atomic E-state index is 0.109. The van der Waals surface area contributed by atoms with Crippen LogP contribution in [0.3, 0.4) is 0 Å². The molecule has 4 heteroatoms.